The van der Waals surface area contributed by atoms with E-state index in [1.54, 1.807) is 0 Å². The van der Waals surface area contributed by atoms with Crippen LogP contribution >= 0.6 is 0 Å². The summed E-state index contributed by atoms with van der Waals surface area (Å²) in [5, 5.41) is 29.6. The molecule has 6 nitrogen and oxygen atoms in total. The quantitative estimate of drug-likeness (QED) is 0.549. The molecule has 16 heavy (non-hydrogen) atoms. The van der Waals surface area contributed by atoms with Gasteiger partial charge < -0.3 is 20.1 Å². The summed E-state index contributed by atoms with van der Waals surface area (Å²) in [5.41, 5.74) is -4.63. The fourth-order valence-corrected chi connectivity index (χ4v) is 2.12. The molecule has 0 amide bonds. The number of hydrogen-bond donors (Lipinski definition) is 3. The van der Waals surface area contributed by atoms with E-state index in [1.807, 2.05) is 0 Å². The molecule has 0 aromatic carbocycles. The second-order valence-electron chi connectivity index (χ2n) is 4.18. The lowest BCUT2D eigenvalue weighted by Crippen LogP contribution is -2.72. The topological polar surface area (TPSA) is 104 Å². The Kier molecular flexibility index (Phi) is 3.22. The Balaban J connectivity index is 3.29. The molecule has 4 atom stereocenters. The SMILES string of the molecule is CC(=O)[C@@]1(O)C[C@@H](O)O[C@H](C)[C@@]1(O)C(C)=O. The van der Waals surface area contributed by atoms with Gasteiger partial charge in [-0.15, -0.1) is 0 Å². The summed E-state index contributed by atoms with van der Waals surface area (Å²) in [6.45, 7) is 3.43. The van der Waals surface area contributed by atoms with Gasteiger partial charge >= 0.3 is 0 Å². The van der Waals surface area contributed by atoms with Crippen molar-refractivity contribution < 1.29 is 29.6 Å². The lowest BCUT2D eigenvalue weighted by atomic mass is 9.70. The number of Topliss-reactive ketones (excluding diaryl/α,β-unsaturated/α-hetero) is 2. The number of aliphatic hydroxyl groups excluding tert-OH is 1. The highest BCUT2D eigenvalue weighted by molar-refractivity contribution is 5.98. The lowest BCUT2D eigenvalue weighted by Gasteiger charge is -2.48. The van der Waals surface area contributed by atoms with E-state index in [4.69, 9.17) is 4.74 Å². The van der Waals surface area contributed by atoms with Gasteiger partial charge in [-0.3, -0.25) is 9.59 Å². The van der Waals surface area contributed by atoms with Crippen molar-refractivity contribution >= 4 is 11.6 Å². The van der Waals surface area contributed by atoms with Gasteiger partial charge in [-0.05, 0) is 20.8 Å². The first-order valence-electron chi connectivity index (χ1n) is 4.96. The highest BCUT2D eigenvalue weighted by Gasteiger charge is 2.63. The molecule has 0 bridgehead atoms. The number of aliphatic hydroxyl groups is 3. The Morgan fingerprint density at radius 3 is 2.12 bits per heavy atom. The standard InChI is InChI=1S/C10H16O6/c1-5(11)9(14)4-8(13)16-7(3)10(9,15)6(2)12/h7-8,13-15H,4H2,1-3H3/t7-,8+,9+,10+/m1/s1. The summed E-state index contributed by atoms with van der Waals surface area (Å²) < 4.78 is 4.88. The molecule has 1 fully saturated rings. The smallest absolute Gasteiger partial charge is 0.184 e. The van der Waals surface area contributed by atoms with Gasteiger partial charge in [-0.2, -0.15) is 0 Å². The largest absolute Gasteiger partial charge is 0.378 e. The van der Waals surface area contributed by atoms with Crippen LogP contribution in [0.15, 0.2) is 0 Å². The van der Waals surface area contributed by atoms with Crippen LogP contribution in [-0.2, 0) is 14.3 Å². The highest BCUT2D eigenvalue weighted by atomic mass is 16.6. The van der Waals surface area contributed by atoms with E-state index < -0.39 is 41.6 Å². The van der Waals surface area contributed by atoms with Crippen molar-refractivity contribution in [3.05, 3.63) is 0 Å². The summed E-state index contributed by atoms with van der Waals surface area (Å²) in [4.78, 5) is 22.8. The highest BCUT2D eigenvalue weighted by Crippen LogP contribution is 2.38. The number of hydrogen-bond acceptors (Lipinski definition) is 6. The van der Waals surface area contributed by atoms with E-state index in [2.05, 4.69) is 0 Å². The van der Waals surface area contributed by atoms with E-state index in [9.17, 15) is 24.9 Å². The maximum absolute atomic E-state index is 11.4. The molecule has 6 heteroatoms. The van der Waals surface area contributed by atoms with Crippen molar-refractivity contribution in [3.63, 3.8) is 0 Å². The predicted octanol–water partition coefficient (Wildman–Crippen LogP) is -1.25. The van der Waals surface area contributed by atoms with Crippen LogP contribution in [0.3, 0.4) is 0 Å². The molecule has 0 aliphatic carbocycles. The van der Waals surface area contributed by atoms with Gasteiger partial charge in [-0.1, -0.05) is 0 Å². The third-order valence-corrected chi connectivity index (χ3v) is 3.17. The first-order chi connectivity index (χ1) is 7.16. The van der Waals surface area contributed by atoms with Gasteiger partial charge in [0.2, 0.25) is 0 Å². The van der Waals surface area contributed by atoms with Gasteiger partial charge in [0.1, 0.15) is 0 Å². The maximum Gasteiger partial charge on any atom is 0.184 e. The minimum absolute atomic E-state index is 0.525. The van der Waals surface area contributed by atoms with E-state index in [-0.39, 0.29) is 0 Å². The average molecular weight is 232 g/mol. The molecule has 1 aliphatic heterocycles. The Morgan fingerprint density at radius 1 is 1.25 bits per heavy atom. The fraction of sp³-hybridized carbons (Fsp3) is 0.800. The van der Waals surface area contributed by atoms with Crippen LogP contribution < -0.4 is 0 Å². The first-order valence-corrected chi connectivity index (χ1v) is 4.96. The number of carbonyl (C=O) groups is 2. The first kappa shape index (κ1) is 13.2. The molecule has 92 valence electrons. The molecule has 0 aromatic heterocycles. The number of ketones is 2. The van der Waals surface area contributed by atoms with Gasteiger partial charge in [-0.25, -0.2) is 0 Å². The van der Waals surface area contributed by atoms with Crippen molar-refractivity contribution in [2.45, 2.75) is 50.8 Å². The molecule has 1 heterocycles. The van der Waals surface area contributed by atoms with E-state index >= 15 is 0 Å². The van der Waals surface area contributed by atoms with Gasteiger partial charge in [0.05, 0.1) is 6.10 Å². The third-order valence-electron chi connectivity index (χ3n) is 3.17. The molecule has 1 rings (SSSR count). The van der Waals surface area contributed by atoms with Crippen molar-refractivity contribution in [1.82, 2.24) is 0 Å². The summed E-state index contributed by atoms with van der Waals surface area (Å²) in [7, 11) is 0. The van der Waals surface area contributed by atoms with Crippen LogP contribution in [0.5, 0.6) is 0 Å². The van der Waals surface area contributed by atoms with E-state index in [0.717, 1.165) is 13.8 Å². The normalized spacial score (nSPS) is 44.1. The molecular formula is C10H16O6. The van der Waals surface area contributed by atoms with Gasteiger partial charge in [0, 0.05) is 6.42 Å². The molecule has 1 saturated heterocycles. The average Bonchev–Trinajstić information content (AvgIpc) is 2.12. The zero-order valence-corrected chi connectivity index (χ0v) is 9.43. The minimum Gasteiger partial charge on any atom is -0.378 e. The lowest BCUT2D eigenvalue weighted by molar-refractivity contribution is -0.285. The van der Waals surface area contributed by atoms with Crippen molar-refractivity contribution in [3.8, 4) is 0 Å². The molecule has 1 aliphatic rings. The van der Waals surface area contributed by atoms with Crippen LogP contribution in [0, 0.1) is 0 Å². The predicted molar refractivity (Wildman–Crippen MR) is 52.4 cm³/mol. The monoisotopic (exact) mass is 232 g/mol. The Hall–Kier alpha value is -0.820. The number of ether oxygens (including phenoxy) is 1. The van der Waals surface area contributed by atoms with Crippen LogP contribution in [0.4, 0.5) is 0 Å². The van der Waals surface area contributed by atoms with Crippen molar-refractivity contribution in [2.75, 3.05) is 0 Å². The Morgan fingerprint density at radius 2 is 1.75 bits per heavy atom. The zero-order chi connectivity index (χ0) is 12.7. The van der Waals surface area contributed by atoms with E-state index in [0.29, 0.717) is 0 Å². The fourth-order valence-electron chi connectivity index (χ4n) is 2.12. The summed E-state index contributed by atoms with van der Waals surface area (Å²) in [6.07, 6.45) is -3.07. The van der Waals surface area contributed by atoms with Gasteiger partial charge in [0.15, 0.2) is 29.1 Å². The maximum atomic E-state index is 11.4. The molecule has 0 unspecified atom stereocenters. The van der Waals surface area contributed by atoms with E-state index in [1.165, 1.54) is 6.92 Å². The second kappa shape index (κ2) is 3.89. The van der Waals surface area contributed by atoms with Crippen LogP contribution in [-0.4, -0.2) is 50.5 Å². The van der Waals surface area contributed by atoms with Gasteiger partial charge in [0.25, 0.3) is 0 Å². The van der Waals surface area contributed by atoms with Crippen LogP contribution in [0.1, 0.15) is 27.2 Å². The van der Waals surface area contributed by atoms with Crippen molar-refractivity contribution in [2.24, 2.45) is 0 Å². The summed E-state index contributed by atoms with van der Waals surface area (Å²) in [6, 6.07) is 0. The molecule has 0 saturated carbocycles. The summed E-state index contributed by atoms with van der Waals surface area (Å²) in [5.74, 6) is -1.55. The number of rotatable bonds is 2. The Labute approximate surface area is 92.8 Å². The molecule has 0 spiro atoms. The molecule has 0 radical (unpaired) electrons. The minimum atomic E-state index is -2.32. The third kappa shape index (κ3) is 1.58. The molecule has 3 N–H and O–H groups in total. The summed E-state index contributed by atoms with van der Waals surface area (Å²) >= 11 is 0. The number of carbonyl (C=O) groups excluding carboxylic acids is 2. The van der Waals surface area contributed by atoms with Crippen molar-refractivity contribution in [1.29, 1.82) is 0 Å². The molecule has 0 aromatic rings. The zero-order valence-electron chi connectivity index (χ0n) is 9.43. The van der Waals surface area contributed by atoms with Crippen LogP contribution in [0.25, 0.3) is 0 Å². The Bertz CT molecular complexity index is 327. The van der Waals surface area contributed by atoms with Crippen LogP contribution in [0.2, 0.25) is 0 Å². The molecular weight excluding hydrogens is 216 g/mol. The second-order valence-corrected chi connectivity index (χ2v) is 4.18.